The maximum absolute atomic E-state index is 11.0. The third-order valence-electron chi connectivity index (χ3n) is 1.87. The van der Waals surface area contributed by atoms with E-state index in [2.05, 4.69) is 0 Å². The van der Waals surface area contributed by atoms with Gasteiger partial charge in [-0.3, -0.25) is 0 Å². The van der Waals surface area contributed by atoms with E-state index in [-0.39, 0.29) is 11.4 Å². The summed E-state index contributed by atoms with van der Waals surface area (Å²) in [6.07, 6.45) is 0. The number of ether oxygens (including phenoxy) is 1. The van der Waals surface area contributed by atoms with E-state index < -0.39 is 37.5 Å². The van der Waals surface area contributed by atoms with Gasteiger partial charge in [0.1, 0.15) is 0 Å². The van der Waals surface area contributed by atoms with Gasteiger partial charge in [-0.25, -0.2) is 0 Å². The SMILES string of the molecule is COc1ccc(I(OC(C)=O)OC(C)=O)cc1[N+](=O)[O-]. The van der Waals surface area contributed by atoms with Crippen LogP contribution in [-0.4, -0.2) is 24.0 Å². The summed E-state index contributed by atoms with van der Waals surface area (Å²) in [4.78, 5) is 32.3. The van der Waals surface area contributed by atoms with Crippen molar-refractivity contribution in [2.24, 2.45) is 0 Å². The molecule has 0 aliphatic heterocycles. The van der Waals surface area contributed by atoms with Crippen LogP contribution in [0, 0.1) is 13.7 Å². The van der Waals surface area contributed by atoms with Gasteiger partial charge in [0.2, 0.25) is 0 Å². The van der Waals surface area contributed by atoms with E-state index >= 15 is 0 Å². The Labute approximate surface area is 122 Å². The Balaban J connectivity index is 3.19. The average Bonchev–Trinajstić information content (AvgIpc) is 2.36. The molecule has 1 aromatic rings. The van der Waals surface area contributed by atoms with Crippen LogP contribution in [0.15, 0.2) is 18.2 Å². The summed E-state index contributed by atoms with van der Waals surface area (Å²) in [5, 5.41) is 10.9. The fourth-order valence-electron chi connectivity index (χ4n) is 1.20. The van der Waals surface area contributed by atoms with Crippen molar-refractivity contribution in [2.45, 2.75) is 13.8 Å². The van der Waals surface area contributed by atoms with Crippen LogP contribution in [0.5, 0.6) is 5.75 Å². The second kappa shape index (κ2) is 7.03. The summed E-state index contributed by atoms with van der Waals surface area (Å²) < 4.78 is 15.1. The monoisotopic (exact) mass is 397 g/mol. The third-order valence-corrected chi connectivity index (χ3v) is 5.60. The third kappa shape index (κ3) is 4.33. The zero-order valence-corrected chi connectivity index (χ0v) is 13.1. The second-order valence-corrected chi connectivity index (χ2v) is 6.79. The van der Waals surface area contributed by atoms with E-state index in [1.165, 1.54) is 39.2 Å². The van der Waals surface area contributed by atoms with Gasteiger partial charge in [-0.05, 0) is 0 Å². The minimum absolute atomic E-state index is 0.0697. The van der Waals surface area contributed by atoms with E-state index in [9.17, 15) is 19.7 Å². The van der Waals surface area contributed by atoms with Crippen LogP contribution in [0.2, 0.25) is 0 Å². The molecule has 8 nitrogen and oxygen atoms in total. The van der Waals surface area contributed by atoms with Crippen LogP contribution in [0.1, 0.15) is 13.8 Å². The molecule has 1 rings (SSSR count). The Morgan fingerprint density at radius 1 is 1.20 bits per heavy atom. The van der Waals surface area contributed by atoms with Gasteiger partial charge in [0.05, 0.1) is 0 Å². The Morgan fingerprint density at radius 3 is 2.15 bits per heavy atom. The van der Waals surface area contributed by atoms with Gasteiger partial charge in [0.15, 0.2) is 0 Å². The van der Waals surface area contributed by atoms with Gasteiger partial charge < -0.3 is 0 Å². The van der Waals surface area contributed by atoms with Gasteiger partial charge in [0, 0.05) is 0 Å². The van der Waals surface area contributed by atoms with Crippen molar-refractivity contribution < 1.29 is 25.4 Å². The van der Waals surface area contributed by atoms with Crippen molar-refractivity contribution in [1.29, 1.82) is 0 Å². The van der Waals surface area contributed by atoms with Crippen molar-refractivity contribution in [3.05, 3.63) is 31.9 Å². The second-order valence-electron chi connectivity index (χ2n) is 3.43. The number of nitro groups is 1. The summed E-state index contributed by atoms with van der Waals surface area (Å²) in [6, 6.07) is 4.03. The standard InChI is InChI=1S/C11H12INO7/c1-7(14)19-12(20-8(2)15)9-4-5-11(18-3)10(6-9)13(16)17/h4-6H,1-3H3. The maximum atomic E-state index is 11.0. The normalized spacial score (nSPS) is 10.4. The fraction of sp³-hybridized carbons (Fsp3) is 0.273. The predicted molar refractivity (Wildman–Crippen MR) is 75.9 cm³/mol. The first-order chi connectivity index (χ1) is 9.35. The number of hydrogen-bond acceptors (Lipinski definition) is 7. The average molecular weight is 397 g/mol. The molecule has 0 amide bonds. The number of nitro benzene ring substituents is 1. The number of halogens is 1. The van der Waals surface area contributed by atoms with Crippen LogP contribution in [0.3, 0.4) is 0 Å². The summed E-state index contributed by atoms with van der Waals surface area (Å²) in [7, 11) is 1.30. The van der Waals surface area contributed by atoms with Gasteiger partial charge >= 0.3 is 122 Å². The number of hydrogen-bond donors (Lipinski definition) is 0. The van der Waals surface area contributed by atoms with Crippen molar-refractivity contribution >= 4 is 38.3 Å². The van der Waals surface area contributed by atoms with Crippen LogP contribution < -0.4 is 4.74 Å². The van der Waals surface area contributed by atoms with Gasteiger partial charge in [-0.15, -0.1) is 0 Å². The van der Waals surface area contributed by atoms with E-state index in [1.807, 2.05) is 0 Å². The quantitative estimate of drug-likeness (QED) is 0.426. The Hall–Kier alpha value is -1.91. The molecule has 0 radical (unpaired) electrons. The minimum atomic E-state index is -3.06. The Bertz CT molecular complexity index is 530. The molecule has 0 atom stereocenters. The summed E-state index contributed by atoms with van der Waals surface area (Å²) >= 11 is -3.06. The van der Waals surface area contributed by atoms with Crippen molar-refractivity contribution in [1.82, 2.24) is 0 Å². The number of benzene rings is 1. The van der Waals surface area contributed by atoms with Gasteiger partial charge in [0.25, 0.3) is 0 Å². The van der Waals surface area contributed by atoms with E-state index in [1.54, 1.807) is 0 Å². The van der Waals surface area contributed by atoms with Crippen LogP contribution in [-0.2, 0) is 15.7 Å². The molecule has 0 aliphatic rings. The zero-order valence-electron chi connectivity index (χ0n) is 10.9. The first kappa shape index (κ1) is 16.1. The van der Waals surface area contributed by atoms with E-state index in [4.69, 9.17) is 10.9 Å². The molecule has 110 valence electrons. The summed E-state index contributed by atoms with van der Waals surface area (Å²) in [5.74, 6) is -1.16. The first-order valence-electron chi connectivity index (χ1n) is 5.25. The van der Waals surface area contributed by atoms with Gasteiger partial charge in [-0.1, -0.05) is 0 Å². The van der Waals surface area contributed by atoms with Crippen LogP contribution in [0.25, 0.3) is 0 Å². The molecule has 0 unspecified atom stereocenters. The molecule has 0 bridgehead atoms. The fourth-order valence-corrected chi connectivity index (χ4v) is 3.95. The topological polar surface area (TPSA) is 105 Å². The van der Waals surface area contributed by atoms with E-state index in [0.29, 0.717) is 3.57 Å². The molecule has 0 aromatic heterocycles. The number of nitrogens with zero attached hydrogens (tertiary/aromatic N) is 1. The molecule has 1 aromatic carbocycles. The molecular formula is C11H12INO7. The van der Waals surface area contributed by atoms with Crippen molar-refractivity contribution in [3.63, 3.8) is 0 Å². The zero-order chi connectivity index (χ0) is 15.3. The number of rotatable bonds is 5. The molecule has 0 aliphatic carbocycles. The molecule has 0 fully saturated rings. The predicted octanol–water partition coefficient (Wildman–Crippen LogP) is 2.24. The van der Waals surface area contributed by atoms with Crippen LogP contribution in [0.4, 0.5) is 5.69 Å². The molecule has 0 saturated carbocycles. The number of methoxy groups -OCH3 is 1. The molecule has 0 N–H and O–H groups in total. The Kier molecular flexibility index (Phi) is 5.67. The number of carbonyl (C=O) groups excluding carboxylic acids is 2. The summed E-state index contributed by atoms with van der Waals surface area (Å²) in [5.41, 5.74) is -0.286. The molecule has 0 spiro atoms. The Morgan fingerprint density at radius 2 is 1.75 bits per heavy atom. The molecule has 0 heterocycles. The van der Waals surface area contributed by atoms with Gasteiger partial charge in [-0.2, -0.15) is 0 Å². The summed E-state index contributed by atoms with van der Waals surface area (Å²) in [6.45, 7) is 2.35. The number of carbonyl (C=O) groups is 2. The van der Waals surface area contributed by atoms with Crippen LogP contribution >= 0.6 is 20.6 Å². The molecule has 0 saturated heterocycles. The first-order valence-corrected chi connectivity index (χ1v) is 8.09. The van der Waals surface area contributed by atoms with Crippen molar-refractivity contribution in [2.75, 3.05) is 7.11 Å². The van der Waals surface area contributed by atoms with Crippen molar-refractivity contribution in [3.8, 4) is 5.75 Å². The van der Waals surface area contributed by atoms with E-state index in [0.717, 1.165) is 0 Å². The molecule has 20 heavy (non-hydrogen) atoms. The molecular weight excluding hydrogens is 385 g/mol. The molecule has 9 heteroatoms.